The normalized spacial score (nSPS) is 42.8. The Morgan fingerprint density at radius 2 is 1.73 bits per heavy atom. The van der Waals surface area contributed by atoms with Gasteiger partial charge in [-0.3, -0.25) is 0 Å². The molecule has 4 fully saturated rings. The SMILES string of the molecule is C=C1CC2C/C=C\C(=O)OC3C(C)C(C/C=C/C4CCCC(CCC4)C4OCCC(CC(C1)O2)O4)OC(/C(C)=C/C#N)C3C. The smallest absolute Gasteiger partial charge is 0.330 e. The van der Waals surface area contributed by atoms with Gasteiger partial charge < -0.3 is 23.7 Å². The molecule has 6 aliphatic rings. The number of carbonyl (C=O) groups is 1. The average Bonchev–Trinajstić information content (AvgIpc) is 2.97. The molecule has 0 aromatic rings. The molecule has 6 rings (SSSR count). The van der Waals surface area contributed by atoms with Crippen LogP contribution in [0.2, 0.25) is 0 Å². The maximum Gasteiger partial charge on any atom is 0.330 e. The first kappa shape index (κ1) is 33.1. The quantitative estimate of drug-likeness (QED) is 0.173. The lowest BCUT2D eigenvalue weighted by Crippen LogP contribution is -2.50. The fourth-order valence-corrected chi connectivity index (χ4v) is 8.12. The highest BCUT2D eigenvalue weighted by atomic mass is 16.7. The number of allylic oxidation sites excluding steroid dienone is 2. The van der Waals surface area contributed by atoms with E-state index in [1.54, 1.807) is 12.2 Å². The summed E-state index contributed by atoms with van der Waals surface area (Å²) in [6.45, 7) is 11.2. The van der Waals surface area contributed by atoms with Crippen LogP contribution in [0.1, 0.15) is 97.8 Å². The van der Waals surface area contributed by atoms with Crippen LogP contribution in [-0.4, -0.2) is 55.5 Å². The topological polar surface area (TPSA) is 87.0 Å². The second kappa shape index (κ2) is 15.9. The van der Waals surface area contributed by atoms with Gasteiger partial charge in [-0.1, -0.05) is 57.1 Å². The summed E-state index contributed by atoms with van der Waals surface area (Å²) in [5.41, 5.74) is 2.06. The van der Waals surface area contributed by atoms with Gasteiger partial charge in [-0.25, -0.2) is 4.79 Å². The molecule has 7 heteroatoms. The average molecular weight is 608 g/mol. The van der Waals surface area contributed by atoms with E-state index in [1.807, 2.05) is 13.0 Å². The van der Waals surface area contributed by atoms with Crippen molar-refractivity contribution in [1.82, 2.24) is 0 Å². The summed E-state index contributed by atoms with van der Waals surface area (Å²) in [5, 5.41) is 9.33. The van der Waals surface area contributed by atoms with Gasteiger partial charge in [0.15, 0.2) is 6.29 Å². The Labute approximate surface area is 264 Å². The molecule has 9 unspecified atom stereocenters. The third-order valence-electron chi connectivity index (χ3n) is 10.5. The van der Waals surface area contributed by atoms with Crippen LogP contribution in [0.4, 0.5) is 0 Å². The molecule has 0 aromatic heterocycles. The van der Waals surface area contributed by atoms with E-state index in [2.05, 4.69) is 38.6 Å². The van der Waals surface area contributed by atoms with Crippen LogP contribution in [0.15, 0.2) is 48.1 Å². The molecular formula is C37H53NO6. The Bertz CT molecular complexity index is 1110. The number of rotatable bonds is 1. The van der Waals surface area contributed by atoms with Gasteiger partial charge in [0.25, 0.3) is 0 Å². The van der Waals surface area contributed by atoms with Crippen LogP contribution in [0, 0.1) is 35.0 Å². The number of carbonyl (C=O) groups excluding carboxylic acids is 1. The molecule has 3 saturated heterocycles. The summed E-state index contributed by atoms with van der Waals surface area (Å²) in [5.74, 6) is 0.596. The van der Waals surface area contributed by atoms with Crippen molar-refractivity contribution in [1.29, 1.82) is 5.26 Å². The first-order valence-corrected chi connectivity index (χ1v) is 17.2. The monoisotopic (exact) mass is 607 g/mol. The zero-order chi connectivity index (χ0) is 31.1. The van der Waals surface area contributed by atoms with Crippen LogP contribution in [0.5, 0.6) is 0 Å². The van der Waals surface area contributed by atoms with Gasteiger partial charge in [0.2, 0.25) is 0 Å². The molecule has 242 valence electrons. The van der Waals surface area contributed by atoms with Crippen molar-refractivity contribution in [2.24, 2.45) is 23.7 Å². The number of ether oxygens (including phenoxy) is 5. The van der Waals surface area contributed by atoms with Crippen molar-refractivity contribution in [2.45, 2.75) is 141 Å². The lowest BCUT2D eigenvalue weighted by atomic mass is 9.79. The van der Waals surface area contributed by atoms with Gasteiger partial charge in [-0.05, 0) is 76.2 Å². The Hall–Kier alpha value is -2.24. The second-order valence-electron chi connectivity index (χ2n) is 14.0. The minimum atomic E-state index is -0.343. The van der Waals surface area contributed by atoms with E-state index in [0.29, 0.717) is 18.3 Å². The molecule has 7 nitrogen and oxygen atoms in total. The highest BCUT2D eigenvalue weighted by molar-refractivity contribution is 5.82. The Morgan fingerprint density at radius 3 is 2.50 bits per heavy atom. The summed E-state index contributed by atoms with van der Waals surface area (Å²) >= 11 is 0. The van der Waals surface area contributed by atoms with E-state index < -0.39 is 0 Å². The molecule has 0 N–H and O–H groups in total. The molecule has 9 atom stereocenters. The van der Waals surface area contributed by atoms with Gasteiger partial charge in [0, 0.05) is 36.3 Å². The van der Waals surface area contributed by atoms with Gasteiger partial charge in [0.1, 0.15) is 6.10 Å². The third-order valence-corrected chi connectivity index (χ3v) is 10.5. The number of esters is 1. The molecular weight excluding hydrogens is 554 g/mol. The molecule has 0 aromatic carbocycles. The first-order chi connectivity index (χ1) is 21.3. The predicted molar refractivity (Wildman–Crippen MR) is 169 cm³/mol. The predicted octanol–water partition coefficient (Wildman–Crippen LogP) is 7.53. The van der Waals surface area contributed by atoms with Crippen LogP contribution in [0.25, 0.3) is 0 Å². The second-order valence-corrected chi connectivity index (χ2v) is 14.0. The van der Waals surface area contributed by atoms with Gasteiger partial charge in [-0.2, -0.15) is 5.26 Å². The van der Waals surface area contributed by atoms with Crippen molar-refractivity contribution in [3.8, 4) is 6.07 Å². The van der Waals surface area contributed by atoms with Crippen LogP contribution in [-0.2, 0) is 28.5 Å². The molecule has 0 radical (unpaired) electrons. The summed E-state index contributed by atoms with van der Waals surface area (Å²) in [7, 11) is 0. The zero-order valence-corrected chi connectivity index (χ0v) is 27.0. The molecule has 44 heavy (non-hydrogen) atoms. The fourth-order valence-electron chi connectivity index (χ4n) is 8.12. The Balaban J connectivity index is 1.35. The number of nitrogens with zero attached hydrogens (tertiary/aromatic N) is 1. The fraction of sp³-hybridized carbons (Fsp3) is 0.730. The molecule has 5 heterocycles. The van der Waals surface area contributed by atoms with Crippen molar-refractivity contribution in [2.75, 3.05) is 6.61 Å². The molecule has 0 amide bonds. The van der Waals surface area contributed by atoms with E-state index in [0.717, 1.165) is 57.1 Å². The van der Waals surface area contributed by atoms with Crippen LogP contribution >= 0.6 is 0 Å². The lowest BCUT2D eigenvalue weighted by Gasteiger charge is -2.44. The van der Waals surface area contributed by atoms with Crippen LogP contribution < -0.4 is 0 Å². The lowest BCUT2D eigenvalue weighted by molar-refractivity contribution is -0.244. The van der Waals surface area contributed by atoms with Crippen molar-refractivity contribution in [3.05, 3.63) is 48.1 Å². The van der Waals surface area contributed by atoms with E-state index in [9.17, 15) is 10.1 Å². The van der Waals surface area contributed by atoms with Gasteiger partial charge in [-0.15, -0.1) is 0 Å². The number of hydrogen-bond donors (Lipinski definition) is 0. The highest BCUT2D eigenvalue weighted by Crippen LogP contribution is 2.38. The Kier molecular flexibility index (Phi) is 11.9. The first-order valence-electron chi connectivity index (χ1n) is 17.2. The summed E-state index contributed by atoms with van der Waals surface area (Å²) in [6.07, 6.45) is 20.7. The van der Waals surface area contributed by atoms with E-state index in [4.69, 9.17) is 23.7 Å². The number of hydrogen-bond acceptors (Lipinski definition) is 7. The molecule has 1 saturated carbocycles. The summed E-state index contributed by atoms with van der Waals surface area (Å²) in [4.78, 5) is 13.1. The third kappa shape index (κ3) is 8.72. The van der Waals surface area contributed by atoms with E-state index >= 15 is 0 Å². The van der Waals surface area contributed by atoms with Crippen LogP contribution in [0.3, 0.4) is 0 Å². The molecule has 1 aliphatic carbocycles. The molecule has 8 bridgehead atoms. The van der Waals surface area contributed by atoms with Gasteiger partial charge >= 0.3 is 5.97 Å². The van der Waals surface area contributed by atoms with E-state index in [-0.39, 0.29) is 60.7 Å². The highest BCUT2D eigenvalue weighted by Gasteiger charge is 2.43. The van der Waals surface area contributed by atoms with Crippen molar-refractivity contribution >= 4 is 5.97 Å². The minimum Gasteiger partial charge on any atom is -0.458 e. The summed E-state index contributed by atoms with van der Waals surface area (Å²) < 4.78 is 32.0. The maximum atomic E-state index is 13.1. The van der Waals surface area contributed by atoms with E-state index in [1.165, 1.54) is 31.3 Å². The van der Waals surface area contributed by atoms with Crippen molar-refractivity contribution in [3.63, 3.8) is 0 Å². The molecule has 0 spiro atoms. The summed E-state index contributed by atoms with van der Waals surface area (Å²) in [6, 6.07) is 2.15. The standard InChI is InChI=1S/C37H53NO6/c1-24-21-30-14-8-16-34(39)44-36-26(3)33(43-35(27(36)4)25(2)17-19-38)15-7-11-28-9-5-12-29(13-6-10-28)37-40-20-18-31(42-37)23-32(22-24)41-30/h7-8,11,16-17,26-33,35-37H,1,5-6,9-10,12-15,18,20-23H2,2-4H3/b11-7+,16-8-,25-17+. The minimum absolute atomic E-state index is 0.0126. The number of fused-ring (bicyclic) bond motifs is 8. The zero-order valence-electron chi connectivity index (χ0n) is 27.0. The number of nitriles is 1. The van der Waals surface area contributed by atoms with Crippen molar-refractivity contribution < 1.29 is 28.5 Å². The largest absolute Gasteiger partial charge is 0.458 e. The molecule has 5 aliphatic heterocycles. The Morgan fingerprint density at radius 1 is 0.955 bits per heavy atom. The van der Waals surface area contributed by atoms with Gasteiger partial charge in [0.05, 0.1) is 43.2 Å². The maximum absolute atomic E-state index is 13.1.